The predicted molar refractivity (Wildman–Crippen MR) is 151 cm³/mol. The Balaban J connectivity index is 1.33. The summed E-state index contributed by atoms with van der Waals surface area (Å²) in [6.45, 7) is 3.58. The van der Waals surface area contributed by atoms with E-state index in [9.17, 15) is 5.11 Å². The lowest BCUT2D eigenvalue weighted by atomic mass is 10.1. The maximum absolute atomic E-state index is 15.2. The van der Waals surface area contributed by atoms with Crippen molar-refractivity contribution < 1.29 is 28.4 Å². The molecule has 0 aliphatic heterocycles. The highest BCUT2D eigenvalue weighted by Crippen LogP contribution is 2.41. The number of aliphatic hydroxyl groups excluding tert-OH is 1. The molecular formula is C27H25ClFN5O5S. The summed E-state index contributed by atoms with van der Waals surface area (Å²) < 4.78 is 37.2. The fourth-order valence-corrected chi connectivity index (χ4v) is 5.25. The molecule has 0 spiro atoms. The Kier molecular flexibility index (Phi) is 8.12. The molecule has 2 atom stereocenters. The number of rotatable bonds is 10. The van der Waals surface area contributed by atoms with Crippen molar-refractivity contribution in [3.8, 4) is 28.1 Å². The number of benzene rings is 2. The lowest BCUT2D eigenvalue weighted by Crippen LogP contribution is -2.29. The lowest BCUT2D eigenvalue weighted by Gasteiger charge is -2.19. The van der Waals surface area contributed by atoms with Gasteiger partial charge in [0.2, 0.25) is 18.2 Å². The monoisotopic (exact) mass is 585 g/mol. The smallest absolute Gasteiger partial charge is 0.235 e. The molecule has 0 aliphatic rings. The summed E-state index contributed by atoms with van der Waals surface area (Å²) in [5.74, 6) is 0.0541. The summed E-state index contributed by atoms with van der Waals surface area (Å²) in [5.41, 5.74) is 3.85. The molecule has 2 N–H and O–H groups in total. The van der Waals surface area contributed by atoms with E-state index in [1.165, 1.54) is 38.0 Å². The van der Waals surface area contributed by atoms with Gasteiger partial charge < -0.3 is 29.4 Å². The molecule has 0 bridgehead atoms. The quantitative estimate of drug-likeness (QED) is 0.201. The van der Waals surface area contributed by atoms with Crippen LogP contribution in [0.5, 0.6) is 17.5 Å². The van der Waals surface area contributed by atoms with Crippen molar-refractivity contribution in [3.63, 3.8) is 0 Å². The Hall–Kier alpha value is -3.84. The highest BCUT2D eigenvalue weighted by Gasteiger charge is 2.21. The van der Waals surface area contributed by atoms with Gasteiger partial charge in [-0.1, -0.05) is 11.6 Å². The molecule has 208 valence electrons. The van der Waals surface area contributed by atoms with Crippen LogP contribution in [0.4, 0.5) is 10.1 Å². The number of fused-ring (bicyclic) bond motifs is 2. The van der Waals surface area contributed by atoms with E-state index in [4.69, 9.17) is 30.5 Å². The number of pyridine rings is 1. The number of ether oxygens (including phenoxy) is 4. The second-order valence-corrected chi connectivity index (χ2v) is 10.2. The largest absolute Gasteiger partial charge is 0.485 e. The number of halogens is 2. The topological polar surface area (TPSA) is 121 Å². The Labute approximate surface area is 237 Å². The Morgan fingerprint density at radius 3 is 2.58 bits per heavy atom. The first-order valence-electron chi connectivity index (χ1n) is 12.1. The van der Waals surface area contributed by atoms with Gasteiger partial charge in [-0.3, -0.25) is 0 Å². The van der Waals surface area contributed by atoms with Crippen molar-refractivity contribution in [1.82, 2.24) is 19.9 Å². The van der Waals surface area contributed by atoms with Crippen LogP contribution in [-0.4, -0.2) is 58.4 Å². The Morgan fingerprint density at radius 1 is 1.05 bits per heavy atom. The maximum atomic E-state index is 15.2. The van der Waals surface area contributed by atoms with Crippen molar-refractivity contribution in [2.75, 3.05) is 26.1 Å². The summed E-state index contributed by atoms with van der Waals surface area (Å²) in [5, 5.41) is 13.4. The summed E-state index contributed by atoms with van der Waals surface area (Å²) >= 11 is 7.73. The minimum atomic E-state index is -1.34. The summed E-state index contributed by atoms with van der Waals surface area (Å²) in [6, 6.07) is 8.73. The Morgan fingerprint density at radius 2 is 1.85 bits per heavy atom. The fraction of sp³-hybridized carbons (Fsp3) is 0.259. The molecule has 0 radical (unpaired) electrons. The number of aliphatic hydroxyl groups is 1. The van der Waals surface area contributed by atoms with Crippen molar-refractivity contribution in [2.45, 2.75) is 26.4 Å². The third-order valence-electron chi connectivity index (χ3n) is 5.79. The molecular weight excluding hydrogens is 561 g/mol. The molecule has 2 unspecified atom stereocenters. The number of aryl methyl sites for hydroxylation is 1. The lowest BCUT2D eigenvalue weighted by molar-refractivity contribution is -0.0971. The molecule has 0 aliphatic carbocycles. The van der Waals surface area contributed by atoms with Crippen LogP contribution < -0.4 is 19.5 Å². The van der Waals surface area contributed by atoms with E-state index in [1.807, 2.05) is 19.1 Å². The third kappa shape index (κ3) is 5.85. The van der Waals surface area contributed by atoms with Crippen LogP contribution in [0.2, 0.25) is 5.02 Å². The molecule has 0 saturated heterocycles. The van der Waals surface area contributed by atoms with Crippen LogP contribution in [0, 0.1) is 12.7 Å². The Bertz CT molecular complexity index is 1670. The molecule has 13 heteroatoms. The number of nitrogens with zero attached hydrogens (tertiary/aromatic N) is 4. The maximum Gasteiger partial charge on any atom is 0.235 e. The van der Waals surface area contributed by atoms with Gasteiger partial charge in [-0.15, -0.1) is 11.3 Å². The van der Waals surface area contributed by atoms with Gasteiger partial charge in [-0.05, 0) is 37.6 Å². The second-order valence-electron chi connectivity index (χ2n) is 8.81. The van der Waals surface area contributed by atoms with Gasteiger partial charge in [0.15, 0.2) is 11.6 Å². The zero-order valence-electron chi connectivity index (χ0n) is 21.9. The van der Waals surface area contributed by atoms with Gasteiger partial charge >= 0.3 is 0 Å². The van der Waals surface area contributed by atoms with E-state index in [-0.39, 0.29) is 17.4 Å². The van der Waals surface area contributed by atoms with E-state index in [0.29, 0.717) is 43.7 Å². The molecule has 5 aromatic rings. The van der Waals surface area contributed by atoms with Crippen LogP contribution in [0.15, 0.2) is 42.7 Å². The van der Waals surface area contributed by atoms with E-state index < -0.39 is 18.3 Å². The van der Waals surface area contributed by atoms with Crippen LogP contribution >= 0.6 is 22.9 Å². The van der Waals surface area contributed by atoms with Crippen molar-refractivity contribution in [1.29, 1.82) is 0 Å². The minimum Gasteiger partial charge on any atom is -0.485 e. The summed E-state index contributed by atoms with van der Waals surface area (Å²) in [7, 11) is 3.04. The van der Waals surface area contributed by atoms with E-state index >= 15 is 4.39 Å². The van der Waals surface area contributed by atoms with Gasteiger partial charge in [0, 0.05) is 17.7 Å². The number of aromatic nitrogens is 4. The molecule has 0 amide bonds. The van der Waals surface area contributed by atoms with Crippen LogP contribution in [0.3, 0.4) is 0 Å². The van der Waals surface area contributed by atoms with Crippen molar-refractivity contribution >= 4 is 49.9 Å². The number of anilines is 1. The number of hydrogen-bond donors (Lipinski definition) is 2. The number of thiazole rings is 1. The van der Waals surface area contributed by atoms with Gasteiger partial charge in [0.25, 0.3) is 0 Å². The first-order chi connectivity index (χ1) is 19.2. The molecule has 0 fully saturated rings. The van der Waals surface area contributed by atoms with Crippen molar-refractivity contribution in [2.24, 2.45) is 0 Å². The SMILES string of the molecule is COc1ccc(NC(O)OCC(C)Oc2cc3sc(-c4cc(C)cc5nc(OC)cnc45)nc3c(Cl)c2F)cn1. The average Bonchev–Trinajstić information content (AvgIpc) is 3.38. The number of methoxy groups -OCH3 is 2. The fourth-order valence-electron chi connectivity index (χ4n) is 3.94. The van der Waals surface area contributed by atoms with E-state index in [2.05, 4.69) is 25.3 Å². The van der Waals surface area contributed by atoms with E-state index in [0.717, 1.165) is 11.1 Å². The highest BCUT2D eigenvalue weighted by atomic mass is 35.5. The first kappa shape index (κ1) is 27.7. The summed E-state index contributed by atoms with van der Waals surface area (Å²) in [4.78, 5) is 17.6. The molecule has 40 heavy (non-hydrogen) atoms. The zero-order valence-corrected chi connectivity index (χ0v) is 23.5. The molecule has 5 rings (SSSR count). The molecule has 2 aromatic carbocycles. The minimum absolute atomic E-state index is 0.0435. The van der Waals surface area contributed by atoms with Gasteiger partial charge in [-0.25, -0.2) is 24.3 Å². The van der Waals surface area contributed by atoms with Gasteiger partial charge in [-0.2, -0.15) is 0 Å². The first-order valence-corrected chi connectivity index (χ1v) is 13.3. The number of nitrogens with one attached hydrogen (secondary N) is 1. The molecule has 0 saturated carbocycles. The standard InChI is InChI=1S/C27H25ClFN5O5S/c1-13-7-16(24-17(8-13)33-21(37-4)11-31-24)26-34-25-19(40-26)9-18(23(29)22(25)28)39-14(2)12-38-27(35)32-15-5-6-20(36-3)30-10-15/h5-11,14,27,32,35H,12H2,1-4H3. The van der Waals surface area contributed by atoms with Crippen LogP contribution in [0.1, 0.15) is 12.5 Å². The van der Waals surface area contributed by atoms with E-state index in [1.54, 1.807) is 25.1 Å². The summed E-state index contributed by atoms with van der Waals surface area (Å²) in [6.07, 6.45) is 1.07. The van der Waals surface area contributed by atoms with Crippen LogP contribution in [-0.2, 0) is 4.74 Å². The zero-order chi connectivity index (χ0) is 28.4. The van der Waals surface area contributed by atoms with Gasteiger partial charge in [0.05, 0.1) is 54.6 Å². The molecule has 3 heterocycles. The number of hydrogen-bond acceptors (Lipinski definition) is 11. The second kappa shape index (κ2) is 11.7. The molecule has 3 aromatic heterocycles. The normalized spacial score (nSPS) is 12.9. The third-order valence-corrected chi connectivity index (χ3v) is 7.17. The molecule has 10 nitrogen and oxygen atoms in total. The predicted octanol–water partition coefficient (Wildman–Crippen LogP) is 5.59. The highest BCUT2D eigenvalue weighted by molar-refractivity contribution is 7.21. The van der Waals surface area contributed by atoms with Crippen molar-refractivity contribution in [3.05, 3.63) is 59.1 Å². The average molecular weight is 586 g/mol. The van der Waals surface area contributed by atoms with Gasteiger partial charge in [0.1, 0.15) is 21.7 Å². The van der Waals surface area contributed by atoms with Crippen LogP contribution in [0.25, 0.3) is 31.8 Å².